The number of hydrogen-bond acceptors (Lipinski definition) is 2. The smallest absolute Gasteiger partial charge is 0.160 e. The van der Waals surface area contributed by atoms with Gasteiger partial charge in [-0.15, -0.1) is 6.58 Å². The van der Waals surface area contributed by atoms with Crippen molar-refractivity contribution < 1.29 is 4.79 Å². The molecule has 0 radical (unpaired) electrons. The van der Waals surface area contributed by atoms with Crippen molar-refractivity contribution in [2.75, 3.05) is 11.4 Å². The van der Waals surface area contributed by atoms with Crippen molar-refractivity contribution in [3.63, 3.8) is 0 Å². The van der Waals surface area contributed by atoms with Crippen LogP contribution in [0.2, 0.25) is 0 Å². The lowest BCUT2D eigenvalue weighted by atomic mass is 10.2. The van der Waals surface area contributed by atoms with Gasteiger partial charge < -0.3 is 4.90 Å². The summed E-state index contributed by atoms with van der Waals surface area (Å²) in [6, 6.07) is 9.86. The summed E-state index contributed by atoms with van der Waals surface area (Å²) in [7, 11) is 0. The van der Waals surface area contributed by atoms with Crippen molar-refractivity contribution in [1.29, 1.82) is 0 Å². The number of anilines is 1. The van der Waals surface area contributed by atoms with Gasteiger partial charge in [-0.3, -0.25) is 4.79 Å². The van der Waals surface area contributed by atoms with Gasteiger partial charge in [0, 0.05) is 18.7 Å². The molecule has 0 saturated carbocycles. The molecule has 2 rings (SSSR count). The first kappa shape index (κ1) is 9.00. The summed E-state index contributed by atoms with van der Waals surface area (Å²) >= 11 is 0. The van der Waals surface area contributed by atoms with Crippen molar-refractivity contribution in [2.45, 2.75) is 12.5 Å². The Morgan fingerprint density at radius 1 is 1.36 bits per heavy atom. The highest BCUT2D eigenvalue weighted by atomic mass is 16.1. The average molecular weight is 187 g/mol. The fourth-order valence-electron chi connectivity index (χ4n) is 1.86. The number of rotatable bonds is 2. The van der Waals surface area contributed by atoms with Gasteiger partial charge in [0.25, 0.3) is 0 Å². The maximum absolute atomic E-state index is 11.5. The van der Waals surface area contributed by atoms with Crippen LogP contribution < -0.4 is 4.90 Å². The Morgan fingerprint density at radius 2 is 2.07 bits per heavy atom. The summed E-state index contributed by atoms with van der Waals surface area (Å²) in [6.07, 6.45) is 2.36. The second-order valence-corrected chi connectivity index (χ2v) is 3.43. The molecule has 0 spiro atoms. The van der Waals surface area contributed by atoms with Crippen LogP contribution in [0.15, 0.2) is 43.0 Å². The van der Waals surface area contributed by atoms with Gasteiger partial charge in [0.2, 0.25) is 0 Å². The van der Waals surface area contributed by atoms with Crippen LogP contribution in [0.5, 0.6) is 0 Å². The number of carbonyl (C=O) groups excluding carboxylic acids is 1. The number of benzene rings is 1. The first-order valence-corrected chi connectivity index (χ1v) is 4.80. The van der Waals surface area contributed by atoms with Crippen LogP contribution in [-0.4, -0.2) is 18.4 Å². The number of hydrogen-bond donors (Lipinski definition) is 0. The first-order chi connectivity index (χ1) is 6.83. The molecule has 14 heavy (non-hydrogen) atoms. The molecule has 0 aliphatic carbocycles. The van der Waals surface area contributed by atoms with E-state index in [0.29, 0.717) is 6.42 Å². The second kappa shape index (κ2) is 3.66. The highest BCUT2D eigenvalue weighted by Gasteiger charge is 2.29. The third kappa shape index (κ3) is 1.43. The Bertz CT molecular complexity index is 345. The summed E-state index contributed by atoms with van der Waals surface area (Å²) < 4.78 is 0. The number of para-hydroxylation sites is 1. The first-order valence-electron chi connectivity index (χ1n) is 4.80. The Hall–Kier alpha value is -1.57. The molecule has 1 aromatic carbocycles. The monoisotopic (exact) mass is 187 g/mol. The summed E-state index contributed by atoms with van der Waals surface area (Å²) in [5.41, 5.74) is 1.10. The van der Waals surface area contributed by atoms with E-state index in [9.17, 15) is 4.79 Å². The van der Waals surface area contributed by atoms with E-state index >= 15 is 0 Å². The number of carbonyl (C=O) groups is 1. The Balaban J connectivity index is 2.27. The predicted molar refractivity (Wildman–Crippen MR) is 57.4 cm³/mol. The normalized spacial score (nSPS) is 21.3. The van der Waals surface area contributed by atoms with Crippen LogP contribution in [0.25, 0.3) is 0 Å². The van der Waals surface area contributed by atoms with Gasteiger partial charge in [0.05, 0.1) is 0 Å². The Labute approximate surface area is 83.8 Å². The maximum Gasteiger partial charge on any atom is 0.160 e. The highest BCUT2D eigenvalue weighted by Crippen LogP contribution is 2.23. The number of nitrogens with zero attached hydrogens (tertiary/aromatic N) is 1. The summed E-state index contributed by atoms with van der Waals surface area (Å²) in [5, 5.41) is 0. The predicted octanol–water partition coefficient (Wildman–Crippen LogP) is 2.02. The van der Waals surface area contributed by atoms with Gasteiger partial charge in [-0.05, 0) is 12.1 Å². The van der Waals surface area contributed by atoms with Crippen LogP contribution in [0.3, 0.4) is 0 Å². The van der Waals surface area contributed by atoms with E-state index in [1.54, 1.807) is 6.08 Å². The minimum atomic E-state index is -0.127. The van der Waals surface area contributed by atoms with Gasteiger partial charge in [0.1, 0.15) is 6.04 Å². The maximum atomic E-state index is 11.5. The zero-order chi connectivity index (χ0) is 9.97. The Kier molecular flexibility index (Phi) is 2.35. The number of Topliss-reactive ketones (excluding diaryl/α,β-unsaturated/α-hetero) is 1. The molecule has 1 unspecified atom stereocenters. The third-order valence-electron chi connectivity index (χ3n) is 2.58. The largest absolute Gasteiger partial charge is 0.358 e. The molecule has 0 bridgehead atoms. The minimum Gasteiger partial charge on any atom is -0.358 e. The molecule has 72 valence electrons. The molecule has 1 aliphatic heterocycles. The van der Waals surface area contributed by atoms with Gasteiger partial charge in [0.15, 0.2) is 5.78 Å². The summed E-state index contributed by atoms with van der Waals surface area (Å²) in [4.78, 5) is 13.6. The van der Waals surface area contributed by atoms with E-state index in [1.165, 1.54) is 0 Å². The lowest BCUT2D eigenvalue weighted by Gasteiger charge is -2.22. The molecule has 1 aliphatic rings. The lowest BCUT2D eigenvalue weighted by molar-refractivity contribution is -0.117. The highest BCUT2D eigenvalue weighted by molar-refractivity contribution is 5.92. The molecule has 0 aromatic heterocycles. The van der Waals surface area contributed by atoms with E-state index in [4.69, 9.17) is 0 Å². The molecule has 1 atom stereocenters. The molecule has 1 fully saturated rings. The third-order valence-corrected chi connectivity index (χ3v) is 2.58. The zero-order valence-electron chi connectivity index (χ0n) is 8.02. The lowest BCUT2D eigenvalue weighted by Crippen LogP contribution is -2.30. The average Bonchev–Trinajstić information content (AvgIpc) is 2.61. The van der Waals surface area contributed by atoms with Crippen molar-refractivity contribution in [3.8, 4) is 0 Å². The van der Waals surface area contributed by atoms with Crippen molar-refractivity contribution in [1.82, 2.24) is 0 Å². The van der Waals surface area contributed by atoms with Crippen molar-refractivity contribution in [2.24, 2.45) is 0 Å². The molecule has 0 N–H and O–H groups in total. The van der Waals surface area contributed by atoms with Gasteiger partial charge >= 0.3 is 0 Å². The van der Waals surface area contributed by atoms with Gasteiger partial charge in [-0.1, -0.05) is 24.3 Å². The Morgan fingerprint density at radius 3 is 2.71 bits per heavy atom. The molecule has 0 amide bonds. The standard InChI is InChI=1S/C12H13NO/c1-2-11-12(14)8-9-13(11)10-6-4-3-5-7-10/h2-7,11H,1,8-9H2. The van der Waals surface area contributed by atoms with Crippen LogP contribution in [0, 0.1) is 0 Å². The van der Waals surface area contributed by atoms with Gasteiger partial charge in [-0.25, -0.2) is 0 Å². The molecule has 2 nitrogen and oxygen atoms in total. The van der Waals surface area contributed by atoms with Crippen LogP contribution in [0.1, 0.15) is 6.42 Å². The molecule has 2 heteroatoms. The topological polar surface area (TPSA) is 20.3 Å². The van der Waals surface area contributed by atoms with E-state index in [0.717, 1.165) is 12.2 Å². The van der Waals surface area contributed by atoms with Crippen molar-refractivity contribution >= 4 is 11.5 Å². The molecular weight excluding hydrogens is 174 g/mol. The molecule has 1 aromatic rings. The minimum absolute atomic E-state index is 0.127. The molecule has 1 heterocycles. The van der Waals surface area contributed by atoms with E-state index in [2.05, 4.69) is 11.5 Å². The number of ketones is 1. The summed E-state index contributed by atoms with van der Waals surface area (Å²) in [6.45, 7) is 4.51. The fourth-order valence-corrected chi connectivity index (χ4v) is 1.86. The van der Waals surface area contributed by atoms with Gasteiger partial charge in [-0.2, -0.15) is 0 Å². The van der Waals surface area contributed by atoms with Crippen LogP contribution in [-0.2, 0) is 4.79 Å². The molecule has 1 saturated heterocycles. The molecular formula is C12H13NO. The fraction of sp³-hybridized carbons (Fsp3) is 0.250. The zero-order valence-corrected chi connectivity index (χ0v) is 8.02. The van der Waals surface area contributed by atoms with Crippen LogP contribution >= 0.6 is 0 Å². The SMILES string of the molecule is C=CC1C(=O)CCN1c1ccccc1. The van der Waals surface area contributed by atoms with Crippen LogP contribution in [0.4, 0.5) is 5.69 Å². The van der Waals surface area contributed by atoms with Crippen molar-refractivity contribution in [3.05, 3.63) is 43.0 Å². The van der Waals surface area contributed by atoms with E-state index < -0.39 is 0 Å². The quantitative estimate of drug-likeness (QED) is 0.660. The van der Waals surface area contributed by atoms with E-state index in [-0.39, 0.29) is 11.8 Å². The second-order valence-electron chi connectivity index (χ2n) is 3.43. The van der Waals surface area contributed by atoms with E-state index in [1.807, 2.05) is 30.3 Å². The summed E-state index contributed by atoms with van der Waals surface area (Å²) in [5.74, 6) is 0.267.